The van der Waals surface area contributed by atoms with Gasteiger partial charge in [-0.05, 0) is 18.3 Å². The van der Waals surface area contributed by atoms with E-state index in [2.05, 4.69) is 33.8 Å². The minimum Gasteiger partial charge on any atom is -0.388 e. The molecule has 0 unspecified atom stereocenters. The topological polar surface area (TPSA) is 20.2 Å². The minimum atomic E-state index is -0.311. The van der Waals surface area contributed by atoms with Crippen molar-refractivity contribution in [3.63, 3.8) is 0 Å². The lowest BCUT2D eigenvalue weighted by atomic mass is 9.89. The van der Waals surface area contributed by atoms with Crippen molar-refractivity contribution in [2.24, 2.45) is 5.41 Å². The van der Waals surface area contributed by atoms with Crippen molar-refractivity contribution in [3.05, 3.63) is 12.2 Å². The molecule has 0 amide bonds. The molecule has 1 atom stereocenters. The first-order valence-electron chi connectivity index (χ1n) is 5.83. The first kappa shape index (κ1) is 13.7. The molecule has 1 nitrogen and oxygen atoms in total. The third kappa shape index (κ3) is 7.14. The molecule has 0 fully saturated rings. The quantitative estimate of drug-likeness (QED) is 0.506. The van der Waals surface area contributed by atoms with Gasteiger partial charge < -0.3 is 5.11 Å². The second-order valence-corrected chi connectivity index (χ2v) is 5.09. The van der Waals surface area contributed by atoms with Crippen LogP contribution < -0.4 is 0 Å². The summed E-state index contributed by atoms with van der Waals surface area (Å²) in [5, 5.41) is 9.70. The van der Waals surface area contributed by atoms with E-state index in [1.807, 2.05) is 6.08 Å². The number of allylic oxidation sites excluding steroid dienone is 1. The standard InChI is InChI=1S/C13H26O/c1-5-6-7-8-9-10-11-12(14)13(2,3)4/h10-12,14H,5-9H2,1-4H3/b11-10+/t12-/m1/s1. The van der Waals surface area contributed by atoms with Gasteiger partial charge in [-0.2, -0.15) is 0 Å². The van der Waals surface area contributed by atoms with Crippen LogP contribution in [0.2, 0.25) is 0 Å². The Balaban J connectivity index is 3.53. The van der Waals surface area contributed by atoms with E-state index in [-0.39, 0.29) is 11.5 Å². The molecule has 0 aromatic heterocycles. The van der Waals surface area contributed by atoms with Gasteiger partial charge in [-0.3, -0.25) is 0 Å². The van der Waals surface area contributed by atoms with Crippen LogP contribution in [0.3, 0.4) is 0 Å². The molecular weight excluding hydrogens is 172 g/mol. The van der Waals surface area contributed by atoms with Crippen LogP contribution in [0, 0.1) is 5.41 Å². The Morgan fingerprint density at radius 1 is 1.14 bits per heavy atom. The van der Waals surface area contributed by atoms with Gasteiger partial charge >= 0.3 is 0 Å². The molecule has 0 aliphatic rings. The maximum Gasteiger partial charge on any atom is 0.0769 e. The molecule has 0 heterocycles. The lowest BCUT2D eigenvalue weighted by molar-refractivity contribution is 0.105. The molecule has 0 aromatic rings. The summed E-state index contributed by atoms with van der Waals surface area (Å²) in [6, 6.07) is 0. The van der Waals surface area contributed by atoms with Crippen molar-refractivity contribution in [2.45, 2.75) is 65.9 Å². The fraction of sp³-hybridized carbons (Fsp3) is 0.846. The Bertz CT molecular complexity index is 153. The number of unbranched alkanes of at least 4 members (excludes halogenated alkanes) is 4. The van der Waals surface area contributed by atoms with Crippen molar-refractivity contribution >= 4 is 0 Å². The normalized spacial score (nSPS) is 14.9. The zero-order valence-corrected chi connectivity index (χ0v) is 10.2. The molecule has 0 aromatic carbocycles. The summed E-state index contributed by atoms with van der Waals surface area (Å²) in [6.45, 7) is 8.39. The lowest BCUT2D eigenvalue weighted by Crippen LogP contribution is -2.23. The number of hydrogen-bond acceptors (Lipinski definition) is 1. The van der Waals surface area contributed by atoms with Crippen LogP contribution in [0.25, 0.3) is 0 Å². The van der Waals surface area contributed by atoms with Gasteiger partial charge in [-0.1, -0.05) is 59.1 Å². The van der Waals surface area contributed by atoms with Crippen molar-refractivity contribution in [1.82, 2.24) is 0 Å². The average Bonchev–Trinajstić information content (AvgIpc) is 2.09. The van der Waals surface area contributed by atoms with Gasteiger partial charge in [0.25, 0.3) is 0 Å². The molecule has 0 saturated carbocycles. The first-order valence-corrected chi connectivity index (χ1v) is 5.83. The van der Waals surface area contributed by atoms with E-state index in [0.29, 0.717) is 0 Å². The monoisotopic (exact) mass is 198 g/mol. The molecule has 0 radical (unpaired) electrons. The van der Waals surface area contributed by atoms with Crippen LogP contribution in [-0.4, -0.2) is 11.2 Å². The highest BCUT2D eigenvalue weighted by molar-refractivity contribution is 4.94. The molecule has 84 valence electrons. The van der Waals surface area contributed by atoms with Crippen LogP contribution in [0.5, 0.6) is 0 Å². The number of aliphatic hydroxyl groups is 1. The average molecular weight is 198 g/mol. The molecular formula is C13H26O. The van der Waals surface area contributed by atoms with E-state index in [1.54, 1.807) is 0 Å². The highest BCUT2D eigenvalue weighted by atomic mass is 16.3. The lowest BCUT2D eigenvalue weighted by Gasteiger charge is -2.22. The molecule has 0 spiro atoms. The van der Waals surface area contributed by atoms with Gasteiger partial charge in [0.05, 0.1) is 6.10 Å². The zero-order valence-electron chi connectivity index (χ0n) is 10.2. The smallest absolute Gasteiger partial charge is 0.0769 e. The Labute approximate surface area is 89.2 Å². The SMILES string of the molecule is CCCCCC/C=C/[C@@H](O)C(C)(C)C. The van der Waals surface area contributed by atoms with Gasteiger partial charge in [-0.15, -0.1) is 0 Å². The van der Waals surface area contributed by atoms with Crippen LogP contribution in [-0.2, 0) is 0 Å². The Morgan fingerprint density at radius 2 is 1.79 bits per heavy atom. The molecule has 14 heavy (non-hydrogen) atoms. The maximum absolute atomic E-state index is 9.70. The molecule has 1 N–H and O–H groups in total. The number of aliphatic hydroxyl groups excluding tert-OH is 1. The minimum absolute atomic E-state index is 0.0279. The molecule has 0 aliphatic carbocycles. The van der Waals surface area contributed by atoms with Crippen molar-refractivity contribution in [3.8, 4) is 0 Å². The Kier molecular flexibility index (Phi) is 6.90. The van der Waals surface area contributed by atoms with Gasteiger partial charge in [-0.25, -0.2) is 0 Å². The van der Waals surface area contributed by atoms with E-state index in [0.717, 1.165) is 6.42 Å². The van der Waals surface area contributed by atoms with E-state index in [1.165, 1.54) is 25.7 Å². The van der Waals surface area contributed by atoms with Gasteiger partial charge in [0.1, 0.15) is 0 Å². The van der Waals surface area contributed by atoms with Crippen molar-refractivity contribution in [1.29, 1.82) is 0 Å². The predicted molar refractivity (Wildman–Crippen MR) is 63.4 cm³/mol. The Hall–Kier alpha value is -0.300. The van der Waals surface area contributed by atoms with E-state index in [4.69, 9.17) is 0 Å². The fourth-order valence-corrected chi connectivity index (χ4v) is 1.20. The summed E-state index contributed by atoms with van der Waals surface area (Å²) in [5.74, 6) is 0. The largest absolute Gasteiger partial charge is 0.388 e. The zero-order chi connectivity index (χ0) is 11.0. The predicted octanol–water partition coefficient (Wildman–Crippen LogP) is 3.92. The van der Waals surface area contributed by atoms with Crippen molar-refractivity contribution < 1.29 is 5.11 Å². The fourth-order valence-electron chi connectivity index (χ4n) is 1.20. The highest BCUT2D eigenvalue weighted by Crippen LogP contribution is 2.20. The number of hydrogen-bond donors (Lipinski definition) is 1. The summed E-state index contributed by atoms with van der Waals surface area (Å²) in [7, 11) is 0. The second kappa shape index (κ2) is 7.05. The molecule has 0 aliphatic heterocycles. The van der Waals surface area contributed by atoms with Gasteiger partial charge in [0, 0.05) is 0 Å². The summed E-state index contributed by atoms with van der Waals surface area (Å²) in [4.78, 5) is 0. The summed E-state index contributed by atoms with van der Waals surface area (Å²) < 4.78 is 0. The molecule has 0 bridgehead atoms. The van der Waals surface area contributed by atoms with E-state index >= 15 is 0 Å². The van der Waals surface area contributed by atoms with Crippen LogP contribution in [0.15, 0.2) is 12.2 Å². The van der Waals surface area contributed by atoms with E-state index < -0.39 is 0 Å². The van der Waals surface area contributed by atoms with Crippen LogP contribution in [0.1, 0.15) is 59.8 Å². The first-order chi connectivity index (χ1) is 6.48. The molecule has 0 rings (SSSR count). The summed E-state index contributed by atoms with van der Waals surface area (Å²) in [6.07, 6.45) is 10.0. The maximum atomic E-state index is 9.70. The summed E-state index contributed by atoms with van der Waals surface area (Å²) >= 11 is 0. The van der Waals surface area contributed by atoms with E-state index in [9.17, 15) is 5.11 Å². The van der Waals surface area contributed by atoms with Gasteiger partial charge in [0.15, 0.2) is 0 Å². The molecule has 1 heteroatoms. The third-order valence-corrected chi connectivity index (χ3v) is 2.43. The summed E-state index contributed by atoms with van der Waals surface area (Å²) in [5.41, 5.74) is -0.0279. The van der Waals surface area contributed by atoms with Crippen LogP contribution >= 0.6 is 0 Å². The Morgan fingerprint density at radius 3 is 2.29 bits per heavy atom. The number of rotatable bonds is 6. The second-order valence-electron chi connectivity index (χ2n) is 5.09. The van der Waals surface area contributed by atoms with Crippen LogP contribution in [0.4, 0.5) is 0 Å². The van der Waals surface area contributed by atoms with Crippen molar-refractivity contribution in [2.75, 3.05) is 0 Å². The molecule has 0 saturated heterocycles. The third-order valence-electron chi connectivity index (χ3n) is 2.43. The highest BCUT2D eigenvalue weighted by Gasteiger charge is 2.18. The van der Waals surface area contributed by atoms with Gasteiger partial charge in [0.2, 0.25) is 0 Å².